The van der Waals surface area contributed by atoms with Gasteiger partial charge in [-0.25, -0.2) is 0 Å². The Hall–Kier alpha value is -2.07. The molecule has 2 aliphatic rings. The third kappa shape index (κ3) is 2.42. The maximum absolute atomic E-state index is 6.14. The van der Waals surface area contributed by atoms with Gasteiger partial charge in [-0.3, -0.25) is 0 Å². The molecule has 0 saturated carbocycles. The average molecular weight is 352 g/mol. The molecule has 130 valence electrons. The van der Waals surface area contributed by atoms with Crippen LogP contribution in [0.5, 0.6) is 0 Å². The largest absolute Gasteiger partial charge is 0.437 e. The Morgan fingerprint density at radius 2 is 1.72 bits per heavy atom. The smallest absolute Gasteiger partial charge is 0.370 e. The highest BCUT2D eigenvalue weighted by molar-refractivity contribution is 7.02. The van der Waals surface area contributed by atoms with Crippen molar-refractivity contribution in [2.45, 2.75) is 25.9 Å². The number of fused-ring (bicyclic) bond motifs is 2. The van der Waals surface area contributed by atoms with E-state index in [0.29, 0.717) is 0 Å². The van der Waals surface area contributed by atoms with Gasteiger partial charge >= 0.3 is 5.90 Å². The molecule has 0 aliphatic carbocycles. The van der Waals surface area contributed by atoms with E-state index in [-0.39, 0.29) is 5.54 Å². The Bertz CT molecular complexity index is 854. The Balaban J connectivity index is 1.88. The van der Waals surface area contributed by atoms with Gasteiger partial charge in [0.2, 0.25) is 0 Å². The van der Waals surface area contributed by atoms with Gasteiger partial charge in [-0.05, 0) is 28.6 Å². The monoisotopic (exact) mass is 351 g/mol. The molecule has 2 aliphatic heterocycles. The summed E-state index contributed by atoms with van der Waals surface area (Å²) < 4.78 is 8.65. The Morgan fingerprint density at radius 3 is 2.40 bits per heavy atom. The lowest BCUT2D eigenvalue weighted by Crippen LogP contribution is -2.67. The minimum atomic E-state index is -1.86. The zero-order valence-corrected chi connectivity index (χ0v) is 16.8. The van der Waals surface area contributed by atoms with Crippen molar-refractivity contribution in [3.63, 3.8) is 0 Å². The summed E-state index contributed by atoms with van der Waals surface area (Å²) in [6.07, 6.45) is 1.08. The average Bonchev–Trinajstić information content (AvgIpc) is 2.90. The van der Waals surface area contributed by atoms with Gasteiger partial charge in [-0.15, -0.1) is 0 Å². The minimum Gasteiger partial charge on any atom is -0.437 e. The fourth-order valence-corrected chi connectivity index (χ4v) is 8.13. The van der Waals surface area contributed by atoms with Crippen LogP contribution in [-0.2, 0) is 4.74 Å². The number of hydrogen-bond acceptors (Lipinski definition) is 2. The van der Waals surface area contributed by atoms with E-state index in [1.54, 1.807) is 0 Å². The first-order valence-corrected chi connectivity index (χ1v) is 11.7. The predicted molar refractivity (Wildman–Crippen MR) is 107 cm³/mol. The zero-order valence-electron chi connectivity index (χ0n) is 15.8. The molecule has 0 bridgehead atoms. The van der Waals surface area contributed by atoms with Crippen molar-refractivity contribution >= 4 is 30.0 Å². The number of hydrogen-bond donors (Lipinski definition) is 0. The van der Waals surface area contributed by atoms with E-state index in [1.165, 1.54) is 21.6 Å². The summed E-state index contributed by atoms with van der Waals surface area (Å²) in [5.74, 6) is 1.08. The van der Waals surface area contributed by atoms with Crippen LogP contribution >= 0.6 is 0 Å². The van der Waals surface area contributed by atoms with E-state index in [2.05, 4.69) is 92.5 Å². The molecule has 0 N–H and O–H groups in total. The molecule has 2 aromatic carbocycles. The van der Waals surface area contributed by atoms with E-state index in [0.717, 1.165) is 18.7 Å². The maximum Gasteiger partial charge on any atom is 0.370 e. The lowest BCUT2D eigenvalue weighted by Gasteiger charge is -2.32. The summed E-state index contributed by atoms with van der Waals surface area (Å²) in [4.78, 5) is 2.16. The van der Waals surface area contributed by atoms with Crippen molar-refractivity contribution in [3.05, 3.63) is 54.1 Å². The summed E-state index contributed by atoms with van der Waals surface area (Å²) in [5, 5.41) is 2.99. The van der Waals surface area contributed by atoms with E-state index < -0.39 is 8.07 Å². The number of benzene rings is 2. The number of anilines is 1. The third-order valence-electron chi connectivity index (χ3n) is 5.79. The van der Waals surface area contributed by atoms with Crippen molar-refractivity contribution in [2.24, 2.45) is 0 Å². The van der Waals surface area contributed by atoms with E-state index >= 15 is 0 Å². The second-order valence-corrected chi connectivity index (χ2v) is 12.4. The van der Waals surface area contributed by atoms with E-state index in [1.807, 2.05) is 0 Å². The molecule has 25 heavy (non-hydrogen) atoms. The fraction of sp³-hybridized carbons (Fsp3) is 0.381. The van der Waals surface area contributed by atoms with Crippen LogP contribution in [0.3, 0.4) is 0 Å². The molecular formula is C21H27N2OSi+. The first-order chi connectivity index (χ1) is 11.8. The lowest BCUT2D eigenvalue weighted by molar-refractivity contribution is -0.575. The number of rotatable bonds is 2. The highest BCUT2D eigenvalue weighted by Crippen LogP contribution is 2.27. The molecule has 0 fully saturated rings. The quantitative estimate of drug-likeness (QED) is 0.608. The summed E-state index contributed by atoms with van der Waals surface area (Å²) in [6.45, 7) is 7.85. The minimum absolute atomic E-state index is 0.0563. The summed E-state index contributed by atoms with van der Waals surface area (Å²) in [5.41, 5.74) is 2.61. The highest BCUT2D eigenvalue weighted by atomic mass is 28.3. The van der Waals surface area contributed by atoms with Crippen LogP contribution in [0.4, 0.5) is 5.69 Å². The van der Waals surface area contributed by atoms with Crippen molar-refractivity contribution < 1.29 is 9.31 Å². The van der Waals surface area contributed by atoms with Gasteiger partial charge < -0.3 is 9.64 Å². The molecule has 2 aromatic rings. The summed E-state index contributed by atoms with van der Waals surface area (Å²) >= 11 is 0. The lowest BCUT2D eigenvalue weighted by atomic mass is 10.1. The van der Waals surface area contributed by atoms with Crippen LogP contribution in [0.1, 0.15) is 19.4 Å². The Morgan fingerprint density at radius 1 is 1.04 bits per heavy atom. The Kier molecular flexibility index (Phi) is 3.58. The van der Waals surface area contributed by atoms with Crippen LogP contribution in [0, 0.1) is 0 Å². The summed E-state index contributed by atoms with van der Waals surface area (Å²) in [6, 6.07) is 18.0. The SMILES string of the molecule is CN(C)c1ccc([Si]2(C)C[N+]3=C(OCC3(C)C)c3ccccc32)cc1. The highest BCUT2D eigenvalue weighted by Gasteiger charge is 2.53. The van der Waals surface area contributed by atoms with Gasteiger partial charge in [0.05, 0.1) is 5.56 Å². The second-order valence-electron chi connectivity index (χ2n) is 8.31. The van der Waals surface area contributed by atoms with E-state index in [9.17, 15) is 0 Å². The molecule has 0 radical (unpaired) electrons. The molecule has 0 aromatic heterocycles. The molecular weight excluding hydrogens is 324 g/mol. The van der Waals surface area contributed by atoms with Crippen molar-refractivity contribution in [3.8, 4) is 0 Å². The van der Waals surface area contributed by atoms with Gasteiger partial charge in [-0.1, -0.05) is 36.9 Å². The number of nitrogens with zero attached hydrogens (tertiary/aromatic N) is 2. The van der Waals surface area contributed by atoms with Gasteiger partial charge in [0, 0.05) is 33.6 Å². The second kappa shape index (κ2) is 5.46. The maximum atomic E-state index is 6.14. The van der Waals surface area contributed by atoms with Gasteiger partial charge in [0.1, 0.15) is 6.17 Å². The first kappa shape index (κ1) is 16.4. The first-order valence-electron chi connectivity index (χ1n) is 8.98. The molecule has 1 unspecified atom stereocenters. The van der Waals surface area contributed by atoms with Gasteiger partial charge in [0.15, 0.2) is 20.2 Å². The normalized spacial score (nSPS) is 23.7. The van der Waals surface area contributed by atoms with E-state index in [4.69, 9.17) is 4.74 Å². The third-order valence-corrected chi connectivity index (χ3v) is 9.97. The Labute approximate surface area is 151 Å². The fourth-order valence-electron chi connectivity index (χ4n) is 4.11. The van der Waals surface area contributed by atoms with Gasteiger partial charge in [0.25, 0.3) is 0 Å². The molecule has 1 atom stereocenters. The van der Waals surface area contributed by atoms with Crippen LogP contribution in [-0.4, -0.2) is 51.0 Å². The predicted octanol–water partition coefficient (Wildman–Crippen LogP) is 2.07. The van der Waals surface area contributed by atoms with Crippen LogP contribution < -0.4 is 15.3 Å². The van der Waals surface area contributed by atoms with Crippen LogP contribution in [0.25, 0.3) is 0 Å². The topological polar surface area (TPSA) is 15.5 Å². The van der Waals surface area contributed by atoms with Crippen LogP contribution in [0.2, 0.25) is 6.55 Å². The molecule has 0 saturated heterocycles. The van der Waals surface area contributed by atoms with Gasteiger partial charge in [-0.2, -0.15) is 4.58 Å². The zero-order chi connectivity index (χ0) is 17.8. The molecule has 0 amide bonds. The van der Waals surface area contributed by atoms with Crippen molar-refractivity contribution in [2.75, 3.05) is 31.8 Å². The molecule has 3 nitrogen and oxygen atoms in total. The molecule has 0 spiro atoms. The van der Waals surface area contributed by atoms with Crippen LogP contribution in [0.15, 0.2) is 48.5 Å². The van der Waals surface area contributed by atoms with Crippen molar-refractivity contribution in [1.29, 1.82) is 0 Å². The molecule has 4 heteroatoms. The standard InChI is InChI=1S/C21H27N2OSi/c1-21(2)14-24-20-18-8-6-7-9-19(18)25(5,15-23(20)21)17-12-10-16(11-13-17)22(3)4/h6-13H,14-15H2,1-5H3/q+1. The molecule has 4 rings (SSSR count). The van der Waals surface area contributed by atoms with Crippen molar-refractivity contribution in [1.82, 2.24) is 0 Å². The summed E-state index contributed by atoms with van der Waals surface area (Å²) in [7, 11) is 2.33. The number of ether oxygens (including phenoxy) is 1. The molecule has 2 heterocycles.